The molecule has 2 saturated heterocycles. The lowest BCUT2D eigenvalue weighted by atomic mass is 9.99. The molecule has 2 fully saturated rings. The molecule has 0 aliphatic carbocycles. The highest BCUT2D eigenvalue weighted by atomic mass is 32.2. The Bertz CT molecular complexity index is 1410. The number of alkyl halides is 2. The van der Waals surface area contributed by atoms with Crippen LogP contribution in [0.3, 0.4) is 0 Å². The summed E-state index contributed by atoms with van der Waals surface area (Å²) in [4.78, 5) is 27.0. The Morgan fingerprint density at radius 3 is 1.74 bits per heavy atom. The van der Waals surface area contributed by atoms with E-state index in [1.807, 2.05) is 0 Å². The molecule has 3 aromatic carbocycles. The summed E-state index contributed by atoms with van der Waals surface area (Å²) in [5, 5.41) is -5.24. The van der Waals surface area contributed by atoms with Crippen molar-refractivity contribution < 1.29 is 50.3 Å². The number of halogens is 2. The van der Waals surface area contributed by atoms with Crippen LogP contribution in [0, 0.1) is 0 Å². The first kappa shape index (κ1) is 31.6. The first-order valence-electron chi connectivity index (χ1n) is 12.6. The number of benzene rings is 3. The van der Waals surface area contributed by atoms with Gasteiger partial charge in [-0.2, -0.15) is 8.78 Å². The number of carbonyl (C=O) groups is 2. The molecule has 2 heterocycles. The molecule has 0 saturated carbocycles. The standard InChI is InChI=1S/C18H15S.C11H14F2O9S/c1-4-10-16(11-5-1)19(17-12-6-2-7-13-17)18-14-8-3-9-15-18;1-9(2)21-6-5(20-7(14)10(6,3)22-9)4-19-8(15)11(12,13)23(16,17)18/h1-15H;5-6H,4H2,1-3H3,(H,16,17,18)/q+1;/p-1. The molecule has 0 bridgehead atoms. The van der Waals surface area contributed by atoms with Crippen molar-refractivity contribution in [1.82, 2.24) is 0 Å². The van der Waals surface area contributed by atoms with E-state index in [1.54, 1.807) is 0 Å². The average Bonchev–Trinajstić information content (AvgIpc) is 3.33. The van der Waals surface area contributed by atoms with Gasteiger partial charge in [0, 0.05) is 0 Å². The van der Waals surface area contributed by atoms with Gasteiger partial charge in [-0.05, 0) is 57.2 Å². The normalized spacial score (nSPS) is 23.0. The van der Waals surface area contributed by atoms with Gasteiger partial charge in [0.25, 0.3) is 0 Å². The molecule has 2 aliphatic rings. The van der Waals surface area contributed by atoms with E-state index in [4.69, 9.17) is 14.2 Å². The molecule has 13 heteroatoms. The Kier molecular flexibility index (Phi) is 9.09. The van der Waals surface area contributed by atoms with Crippen LogP contribution in [0.1, 0.15) is 20.8 Å². The van der Waals surface area contributed by atoms with Gasteiger partial charge in [0.15, 0.2) is 42.3 Å². The van der Waals surface area contributed by atoms with E-state index in [0.717, 1.165) is 0 Å². The summed E-state index contributed by atoms with van der Waals surface area (Å²) in [6, 6.07) is 32.2. The maximum Gasteiger partial charge on any atom is 0.428 e. The number of esters is 2. The smallest absolute Gasteiger partial charge is 0.428 e. The number of hydrogen-bond donors (Lipinski definition) is 0. The topological polar surface area (TPSA) is 128 Å². The summed E-state index contributed by atoms with van der Waals surface area (Å²) >= 11 is 0. The first-order chi connectivity index (χ1) is 19.7. The summed E-state index contributed by atoms with van der Waals surface area (Å²) in [6.45, 7) is 3.44. The highest BCUT2D eigenvalue weighted by molar-refractivity contribution is 7.97. The fourth-order valence-electron chi connectivity index (χ4n) is 4.46. The van der Waals surface area contributed by atoms with Crippen LogP contribution in [0.4, 0.5) is 8.78 Å². The predicted molar refractivity (Wildman–Crippen MR) is 145 cm³/mol. The second-order valence-electron chi connectivity index (χ2n) is 9.91. The van der Waals surface area contributed by atoms with Gasteiger partial charge in [0.1, 0.15) is 12.7 Å². The second kappa shape index (κ2) is 12.1. The largest absolute Gasteiger partial charge is 0.743 e. The van der Waals surface area contributed by atoms with Gasteiger partial charge in [0.05, 0.1) is 10.9 Å². The van der Waals surface area contributed by atoms with Crippen molar-refractivity contribution in [3.8, 4) is 0 Å². The number of rotatable bonds is 7. The summed E-state index contributed by atoms with van der Waals surface area (Å²) in [5.41, 5.74) is -1.52. The van der Waals surface area contributed by atoms with Crippen LogP contribution in [0.5, 0.6) is 0 Å². The Hall–Kier alpha value is -3.36. The van der Waals surface area contributed by atoms with Crippen LogP contribution in [0.25, 0.3) is 0 Å². The lowest BCUT2D eigenvalue weighted by Gasteiger charge is -2.22. The Morgan fingerprint density at radius 2 is 1.33 bits per heavy atom. The molecular formula is C29H28F2O9S2. The second-order valence-corrected chi connectivity index (χ2v) is 13.4. The molecule has 0 amide bonds. The Morgan fingerprint density at radius 1 is 0.905 bits per heavy atom. The highest BCUT2D eigenvalue weighted by Gasteiger charge is 2.65. The van der Waals surface area contributed by atoms with Crippen LogP contribution < -0.4 is 0 Å². The zero-order valence-electron chi connectivity index (χ0n) is 22.8. The number of carbonyl (C=O) groups excluding carboxylic acids is 2. The Balaban J connectivity index is 0.000000196. The van der Waals surface area contributed by atoms with E-state index < -0.39 is 57.5 Å². The molecule has 0 radical (unpaired) electrons. The third-order valence-corrected chi connectivity index (χ3v) is 9.31. The van der Waals surface area contributed by atoms with Crippen molar-refractivity contribution in [2.45, 2.75) is 64.3 Å². The minimum absolute atomic E-state index is 0.0146. The summed E-state index contributed by atoms with van der Waals surface area (Å²) < 4.78 is 76.7. The zero-order valence-corrected chi connectivity index (χ0v) is 24.4. The van der Waals surface area contributed by atoms with Gasteiger partial charge in [-0.25, -0.2) is 18.0 Å². The van der Waals surface area contributed by atoms with Crippen molar-refractivity contribution in [2.24, 2.45) is 0 Å². The van der Waals surface area contributed by atoms with Gasteiger partial charge in [0.2, 0.25) is 0 Å². The van der Waals surface area contributed by atoms with E-state index >= 15 is 0 Å². The molecule has 224 valence electrons. The van der Waals surface area contributed by atoms with Gasteiger partial charge in [-0.15, -0.1) is 0 Å². The maximum atomic E-state index is 13.0. The van der Waals surface area contributed by atoms with E-state index in [1.165, 1.54) is 35.5 Å². The minimum Gasteiger partial charge on any atom is -0.743 e. The lowest BCUT2D eigenvalue weighted by Crippen LogP contribution is -2.43. The Labute approximate surface area is 244 Å². The molecule has 3 atom stereocenters. The summed E-state index contributed by atoms with van der Waals surface area (Å²) in [5.74, 6) is -4.57. The fourth-order valence-corrected chi connectivity index (χ4v) is 6.83. The average molecular weight is 623 g/mol. The van der Waals surface area contributed by atoms with Crippen molar-refractivity contribution in [2.75, 3.05) is 6.61 Å². The van der Waals surface area contributed by atoms with E-state index in [2.05, 4.69) is 95.7 Å². The summed E-state index contributed by atoms with van der Waals surface area (Å²) in [7, 11) is -6.24. The first-order valence-corrected chi connectivity index (χ1v) is 15.3. The molecule has 0 N–H and O–H groups in total. The molecule has 0 spiro atoms. The number of hydrogen-bond acceptors (Lipinski definition) is 9. The van der Waals surface area contributed by atoms with Crippen LogP contribution in [0.15, 0.2) is 106 Å². The van der Waals surface area contributed by atoms with Crippen molar-refractivity contribution in [1.29, 1.82) is 0 Å². The number of fused-ring (bicyclic) bond motifs is 1. The molecular weight excluding hydrogens is 594 g/mol. The maximum absolute atomic E-state index is 13.0. The van der Waals surface area contributed by atoms with Gasteiger partial charge in [-0.3, -0.25) is 0 Å². The van der Waals surface area contributed by atoms with Crippen molar-refractivity contribution >= 4 is 33.0 Å². The van der Waals surface area contributed by atoms with Gasteiger partial charge >= 0.3 is 17.2 Å². The molecule has 42 heavy (non-hydrogen) atoms. The van der Waals surface area contributed by atoms with E-state index in [0.29, 0.717) is 0 Å². The molecule has 2 aliphatic heterocycles. The molecule has 3 unspecified atom stereocenters. The quantitative estimate of drug-likeness (QED) is 0.215. The number of ether oxygens (including phenoxy) is 4. The monoisotopic (exact) mass is 622 g/mol. The molecule has 3 aromatic rings. The fraction of sp³-hybridized carbons (Fsp3) is 0.310. The van der Waals surface area contributed by atoms with E-state index in [-0.39, 0.29) is 10.9 Å². The van der Waals surface area contributed by atoms with Crippen LogP contribution in [0.2, 0.25) is 0 Å². The minimum atomic E-state index is -6.23. The van der Waals surface area contributed by atoms with Crippen molar-refractivity contribution in [3.05, 3.63) is 91.0 Å². The lowest BCUT2D eigenvalue weighted by molar-refractivity contribution is -0.200. The van der Waals surface area contributed by atoms with Crippen LogP contribution in [-0.2, 0) is 49.5 Å². The third-order valence-electron chi connectivity index (χ3n) is 6.28. The van der Waals surface area contributed by atoms with Crippen LogP contribution >= 0.6 is 0 Å². The molecule has 5 rings (SSSR count). The van der Waals surface area contributed by atoms with E-state index in [9.17, 15) is 31.3 Å². The predicted octanol–water partition coefficient (Wildman–Crippen LogP) is 4.29. The SMILES string of the molecule is CC1(C)OC2C(COC(=O)C(F)(F)S(=O)(=O)[O-])OC(=O)C2(C)O1.c1ccc([S+](c2ccccc2)c2ccccc2)cc1. The van der Waals surface area contributed by atoms with Crippen LogP contribution in [-0.4, -0.2) is 60.4 Å². The van der Waals surface area contributed by atoms with Gasteiger partial charge in [-0.1, -0.05) is 54.6 Å². The molecule has 0 aromatic heterocycles. The van der Waals surface area contributed by atoms with Crippen molar-refractivity contribution in [3.63, 3.8) is 0 Å². The zero-order chi connectivity index (χ0) is 30.8. The summed E-state index contributed by atoms with van der Waals surface area (Å²) in [6.07, 6.45) is -2.35. The highest BCUT2D eigenvalue weighted by Crippen LogP contribution is 2.44. The van der Waals surface area contributed by atoms with Gasteiger partial charge < -0.3 is 23.5 Å². The number of cyclic esters (lactones) is 1. The third kappa shape index (κ3) is 6.65. The molecule has 9 nitrogen and oxygen atoms in total.